The van der Waals surface area contributed by atoms with Gasteiger partial charge in [-0.05, 0) is 19.3 Å². The van der Waals surface area contributed by atoms with Gasteiger partial charge in [-0.1, -0.05) is 13.0 Å². The minimum absolute atomic E-state index is 0.0786. The number of hydrogen-bond acceptors (Lipinski definition) is 4. The van der Waals surface area contributed by atoms with Crippen molar-refractivity contribution < 1.29 is 23.1 Å². The monoisotopic (exact) mass is 277 g/mol. The van der Waals surface area contributed by atoms with Crippen molar-refractivity contribution >= 4 is 21.7 Å². The zero-order chi connectivity index (χ0) is 14.2. The minimum Gasteiger partial charge on any atom is -0.480 e. The maximum Gasteiger partial charge on any atom is 0.326 e. The number of carboxylic acid groups (broad SMARTS) is 1. The molecule has 1 atom stereocenters. The highest BCUT2D eigenvalue weighted by Crippen LogP contribution is 2.00. The topological polar surface area (TPSA) is 101 Å². The van der Waals surface area contributed by atoms with Crippen molar-refractivity contribution in [1.29, 1.82) is 0 Å². The van der Waals surface area contributed by atoms with Crippen molar-refractivity contribution in [2.24, 2.45) is 0 Å². The Morgan fingerprint density at radius 3 is 2.50 bits per heavy atom. The average molecular weight is 277 g/mol. The number of sulfone groups is 1. The molecule has 0 aliphatic heterocycles. The normalized spacial score (nSPS) is 12.7. The summed E-state index contributed by atoms with van der Waals surface area (Å²) in [5.41, 5.74) is 0. The van der Waals surface area contributed by atoms with Gasteiger partial charge in [0.25, 0.3) is 0 Å². The molecule has 0 fully saturated rings. The third kappa shape index (κ3) is 7.05. The molecule has 0 aliphatic rings. The molecule has 0 saturated carbocycles. The van der Waals surface area contributed by atoms with Crippen molar-refractivity contribution in [3.8, 4) is 0 Å². The van der Waals surface area contributed by atoms with E-state index in [1.807, 2.05) is 0 Å². The lowest BCUT2D eigenvalue weighted by atomic mass is 10.1. The van der Waals surface area contributed by atoms with Crippen molar-refractivity contribution in [2.75, 3.05) is 11.5 Å². The van der Waals surface area contributed by atoms with Crippen LogP contribution in [0.2, 0.25) is 0 Å². The molecule has 6 nitrogen and oxygen atoms in total. The van der Waals surface area contributed by atoms with Gasteiger partial charge in [0.15, 0.2) is 9.84 Å². The van der Waals surface area contributed by atoms with Gasteiger partial charge in [0.2, 0.25) is 5.91 Å². The Labute approximate surface area is 107 Å². The highest BCUT2D eigenvalue weighted by atomic mass is 32.2. The maximum atomic E-state index is 11.4. The summed E-state index contributed by atoms with van der Waals surface area (Å²) in [7, 11) is -3.45. The van der Waals surface area contributed by atoms with Crippen LogP contribution in [0.5, 0.6) is 0 Å². The van der Waals surface area contributed by atoms with Gasteiger partial charge in [-0.2, -0.15) is 0 Å². The van der Waals surface area contributed by atoms with Gasteiger partial charge in [-0.15, -0.1) is 6.58 Å². The van der Waals surface area contributed by atoms with Gasteiger partial charge in [-0.25, -0.2) is 13.2 Å². The third-order valence-corrected chi connectivity index (χ3v) is 3.89. The van der Waals surface area contributed by atoms with Gasteiger partial charge >= 0.3 is 5.97 Å². The summed E-state index contributed by atoms with van der Waals surface area (Å²) in [6, 6.07) is -1.08. The minimum atomic E-state index is -3.45. The molecular weight excluding hydrogens is 258 g/mol. The van der Waals surface area contributed by atoms with E-state index in [1.54, 1.807) is 6.92 Å². The van der Waals surface area contributed by atoms with Crippen LogP contribution in [0.3, 0.4) is 0 Å². The van der Waals surface area contributed by atoms with Crippen molar-refractivity contribution in [3.63, 3.8) is 0 Å². The first-order valence-corrected chi connectivity index (χ1v) is 7.48. The highest BCUT2D eigenvalue weighted by Gasteiger charge is 2.22. The fraction of sp³-hybridized carbons (Fsp3) is 0.636. The van der Waals surface area contributed by atoms with Gasteiger partial charge < -0.3 is 10.4 Å². The average Bonchev–Trinajstić information content (AvgIpc) is 2.22. The van der Waals surface area contributed by atoms with E-state index in [9.17, 15) is 18.0 Å². The Morgan fingerprint density at radius 2 is 2.06 bits per heavy atom. The quantitative estimate of drug-likeness (QED) is 0.592. The third-order valence-electron chi connectivity index (χ3n) is 2.16. The summed E-state index contributed by atoms with van der Waals surface area (Å²) >= 11 is 0. The lowest BCUT2D eigenvalue weighted by Crippen LogP contribution is -2.43. The number of aliphatic carboxylic acids is 1. The first-order valence-electron chi connectivity index (χ1n) is 5.66. The lowest BCUT2D eigenvalue weighted by Gasteiger charge is -2.13. The molecule has 0 aromatic carbocycles. The number of nitrogens with one attached hydrogen (secondary N) is 1. The summed E-state index contributed by atoms with van der Waals surface area (Å²) in [6.45, 7) is 5.15. The molecule has 18 heavy (non-hydrogen) atoms. The summed E-state index contributed by atoms with van der Waals surface area (Å²) in [5, 5.41) is 11.1. The van der Waals surface area contributed by atoms with Crippen LogP contribution in [0.25, 0.3) is 0 Å². The largest absolute Gasteiger partial charge is 0.480 e. The SMILES string of the molecule is C=CCCC(NC(=O)CS(=O)(=O)CCC)C(=O)O. The van der Waals surface area contributed by atoms with Crippen molar-refractivity contribution in [2.45, 2.75) is 32.2 Å². The zero-order valence-electron chi connectivity index (χ0n) is 10.4. The first-order chi connectivity index (χ1) is 8.32. The number of carboxylic acids is 1. The molecule has 2 N–H and O–H groups in total. The molecule has 0 radical (unpaired) electrons. The van der Waals surface area contributed by atoms with Crippen LogP contribution in [-0.4, -0.2) is 42.9 Å². The second kappa shape index (κ2) is 7.86. The zero-order valence-corrected chi connectivity index (χ0v) is 11.2. The van der Waals surface area contributed by atoms with E-state index in [0.29, 0.717) is 12.8 Å². The van der Waals surface area contributed by atoms with Gasteiger partial charge in [0, 0.05) is 0 Å². The van der Waals surface area contributed by atoms with Gasteiger partial charge in [0.1, 0.15) is 11.8 Å². The van der Waals surface area contributed by atoms with E-state index in [-0.39, 0.29) is 12.2 Å². The van der Waals surface area contributed by atoms with Gasteiger partial charge in [0.05, 0.1) is 5.75 Å². The van der Waals surface area contributed by atoms with E-state index < -0.39 is 33.5 Å². The molecule has 0 rings (SSSR count). The van der Waals surface area contributed by atoms with E-state index in [2.05, 4.69) is 11.9 Å². The Morgan fingerprint density at radius 1 is 1.44 bits per heavy atom. The van der Waals surface area contributed by atoms with Crippen LogP contribution in [0.4, 0.5) is 0 Å². The molecule has 0 aliphatic carbocycles. The first kappa shape index (κ1) is 16.6. The molecule has 0 bridgehead atoms. The Balaban J connectivity index is 4.42. The van der Waals surface area contributed by atoms with E-state index in [4.69, 9.17) is 5.11 Å². The standard InChI is InChI=1S/C11H19NO5S/c1-3-5-6-9(11(14)15)12-10(13)8-18(16,17)7-4-2/h3,9H,1,4-8H2,2H3,(H,12,13)(H,14,15). The number of rotatable bonds is 9. The predicted octanol–water partition coefficient (Wildman–Crippen LogP) is 0.347. The van der Waals surface area contributed by atoms with Crippen LogP contribution in [0.1, 0.15) is 26.2 Å². The van der Waals surface area contributed by atoms with Crippen molar-refractivity contribution in [1.82, 2.24) is 5.32 Å². The molecule has 0 aromatic heterocycles. The fourth-order valence-corrected chi connectivity index (χ4v) is 2.61. The fourth-order valence-electron chi connectivity index (χ4n) is 1.36. The molecule has 1 amide bonds. The number of allylic oxidation sites excluding steroid dienone is 1. The lowest BCUT2D eigenvalue weighted by molar-refractivity contribution is -0.141. The van der Waals surface area contributed by atoms with Crippen LogP contribution >= 0.6 is 0 Å². The molecular formula is C11H19NO5S. The summed E-state index contributed by atoms with van der Waals surface area (Å²) in [4.78, 5) is 22.3. The molecule has 0 saturated heterocycles. The smallest absolute Gasteiger partial charge is 0.326 e. The molecule has 0 aromatic rings. The maximum absolute atomic E-state index is 11.4. The second-order valence-electron chi connectivity index (χ2n) is 3.92. The number of amides is 1. The van der Waals surface area contributed by atoms with Crippen LogP contribution < -0.4 is 5.32 Å². The molecule has 1 unspecified atom stereocenters. The van der Waals surface area contributed by atoms with E-state index in [1.165, 1.54) is 6.08 Å². The van der Waals surface area contributed by atoms with Crippen molar-refractivity contribution in [3.05, 3.63) is 12.7 Å². The Hall–Kier alpha value is -1.37. The highest BCUT2D eigenvalue weighted by molar-refractivity contribution is 7.92. The van der Waals surface area contributed by atoms with Crippen LogP contribution in [0, 0.1) is 0 Å². The number of hydrogen-bond donors (Lipinski definition) is 2. The Kier molecular flexibility index (Phi) is 7.26. The molecule has 104 valence electrons. The van der Waals surface area contributed by atoms with E-state index >= 15 is 0 Å². The Bertz CT molecular complexity index is 402. The summed E-state index contributed by atoms with van der Waals surface area (Å²) < 4.78 is 22.8. The van der Waals surface area contributed by atoms with E-state index in [0.717, 1.165) is 0 Å². The van der Waals surface area contributed by atoms with Crippen LogP contribution in [-0.2, 0) is 19.4 Å². The summed E-state index contributed by atoms with van der Waals surface area (Å²) in [5.74, 6) is -2.71. The number of carbonyl (C=O) groups excluding carboxylic acids is 1. The molecule has 7 heteroatoms. The summed E-state index contributed by atoms with van der Waals surface area (Å²) in [6.07, 6.45) is 2.59. The van der Waals surface area contributed by atoms with Gasteiger partial charge in [-0.3, -0.25) is 4.79 Å². The molecule has 0 spiro atoms. The number of carbonyl (C=O) groups is 2. The predicted molar refractivity (Wildman–Crippen MR) is 67.9 cm³/mol. The second-order valence-corrected chi connectivity index (χ2v) is 6.10. The van der Waals surface area contributed by atoms with Crippen LogP contribution in [0.15, 0.2) is 12.7 Å². The molecule has 0 heterocycles.